The van der Waals surface area contributed by atoms with Crippen molar-refractivity contribution in [2.45, 2.75) is 5.92 Å². The molecule has 0 aliphatic rings. The number of hydrogen-bond acceptors (Lipinski definition) is 2. The molecule has 3 nitrogen and oxygen atoms in total. The SMILES string of the molecule is O=[N+]([O-])[C](c1ccccc1)C(c1ccccc1)c1ccccc1. The zero-order chi connectivity index (χ0) is 16.1. The van der Waals surface area contributed by atoms with Gasteiger partial charge in [-0.15, -0.1) is 0 Å². The van der Waals surface area contributed by atoms with E-state index < -0.39 is 5.92 Å². The zero-order valence-corrected chi connectivity index (χ0v) is 12.5. The summed E-state index contributed by atoms with van der Waals surface area (Å²) in [6.45, 7) is 0. The standard InChI is InChI=1S/C20H16NO2/c22-21(23)20(18-14-8-3-9-15-18)19(16-10-4-1-5-11-16)17-12-6-2-7-13-17/h1-15,19H. The summed E-state index contributed by atoms with van der Waals surface area (Å²) < 4.78 is 0. The van der Waals surface area contributed by atoms with Gasteiger partial charge >= 0.3 is 6.04 Å². The van der Waals surface area contributed by atoms with Gasteiger partial charge < -0.3 is 0 Å². The van der Waals surface area contributed by atoms with Crippen LogP contribution in [0.15, 0.2) is 91.0 Å². The van der Waals surface area contributed by atoms with Crippen LogP contribution in [0.1, 0.15) is 22.6 Å². The number of hydrogen-bond donors (Lipinski definition) is 0. The van der Waals surface area contributed by atoms with E-state index in [1.165, 1.54) is 0 Å². The predicted molar refractivity (Wildman–Crippen MR) is 90.5 cm³/mol. The molecule has 0 saturated heterocycles. The molecule has 0 saturated carbocycles. The van der Waals surface area contributed by atoms with Gasteiger partial charge in [0.25, 0.3) is 0 Å². The minimum Gasteiger partial charge on any atom is -0.263 e. The van der Waals surface area contributed by atoms with Gasteiger partial charge in [0, 0.05) is 10.5 Å². The van der Waals surface area contributed by atoms with Gasteiger partial charge in [-0.05, 0) is 11.1 Å². The van der Waals surface area contributed by atoms with E-state index in [0.717, 1.165) is 11.1 Å². The van der Waals surface area contributed by atoms with Crippen LogP contribution in [0.4, 0.5) is 0 Å². The molecule has 1 radical (unpaired) electrons. The molecular weight excluding hydrogens is 286 g/mol. The maximum atomic E-state index is 11.9. The summed E-state index contributed by atoms with van der Waals surface area (Å²) in [7, 11) is 0. The molecule has 0 atom stereocenters. The maximum absolute atomic E-state index is 11.9. The van der Waals surface area contributed by atoms with Crippen molar-refractivity contribution in [3.63, 3.8) is 0 Å². The highest BCUT2D eigenvalue weighted by atomic mass is 16.6. The molecule has 0 amide bonds. The number of rotatable bonds is 5. The van der Waals surface area contributed by atoms with Gasteiger partial charge in [0.1, 0.15) is 0 Å². The molecule has 23 heavy (non-hydrogen) atoms. The molecule has 3 heteroatoms. The first kappa shape index (κ1) is 15.0. The van der Waals surface area contributed by atoms with Gasteiger partial charge in [0.05, 0.1) is 5.92 Å². The summed E-state index contributed by atoms with van der Waals surface area (Å²) in [6.07, 6.45) is 0. The van der Waals surface area contributed by atoms with Crippen LogP contribution in [0.2, 0.25) is 0 Å². The van der Waals surface area contributed by atoms with Crippen LogP contribution in [0, 0.1) is 16.2 Å². The Morgan fingerprint density at radius 1 is 0.696 bits per heavy atom. The molecule has 3 aromatic carbocycles. The minimum absolute atomic E-state index is 0.197. The van der Waals surface area contributed by atoms with Gasteiger partial charge in [-0.1, -0.05) is 91.0 Å². The first-order valence-corrected chi connectivity index (χ1v) is 7.44. The molecule has 0 N–H and O–H groups in total. The van der Waals surface area contributed by atoms with Crippen molar-refractivity contribution in [1.29, 1.82) is 0 Å². The highest BCUT2D eigenvalue weighted by Gasteiger charge is 2.38. The summed E-state index contributed by atoms with van der Waals surface area (Å²) in [6, 6.07) is 28.5. The van der Waals surface area contributed by atoms with Crippen LogP contribution in [-0.4, -0.2) is 4.92 Å². The second-order valence-electron chi connectivity index (χ2n) is 5.26. The summed E-state index contributed by atoms with van der Waals surface area (Å²) in [4.78, 5) is 11.6. The lowest BCUT2D eigenvalue weighted by atomic mass is 9.82. The molecule has 3 rings (SSSR count). The van der Waals surface area contributed by atoms with Crippen LogP contribution >= 0.6 is 0 Å². The van der Waals surface area contributed by atoms with Crippen molar-refractivity contribution in [2.24, 2.45) is 0 Å². The van der Waals surface area contributed by atoms with Crippen molar-refractivity contribution in [1.82, 2.24) is 0 Å². The van der Waals surface area contributed by atoms with Crippen LogP contribution in [-0.2, 0) is 0 Å². The molecule has 3 aromatic rings. The topological polar surface area (TPSA) is 43.1 Å². The van der Waals surface area contributed by atoms with E-state index in [9.17, 15) is 10.1 Å². The first-order valence-electron chi connectivity index (χ1n) is 7.44. The van der Waals surface area contributed by atoms with Crippen molar-refractivity contribution in [2.75, 3.05) is 0 Å². The second kappa shape index (κ2) is 6.88. The number of benzene rings is 3. The van der Waals surface area contributed by atoms with Crippen molar-refractivity contribution in [3.05, 3.63) is 124 Å². The van der Waals surface area contributed by atoms with Crippen LogP contribution in [0.5, 0.6) is 0 Å². The fourth-order valence-electron chi connectivity index (χ4n) is 2.79. The van der Waals surface area contributed by atoms with E-state index >= 15 is 0 Å². The van der Waals surface area contributed by atoms with E-state index in [-0.39, 0.29) is 11.0 Å². The largest absolute Gasteiger partial charge is 0.331 e. The van der Waals surface area contributed by atoms with Crippen LogP contribution < -0.4 is 0 Å². The predicted octanol–water partition coefficient (Wildman–Crippen LogP) is 4.68. The molecular formula is C20H16NO2. The van der Waals surface area contributed by atoms with E-state index in [1.54, 1.807) is 12.1 Å². The Morgan fingerprint density at radius 3 is 1.48 bits per heavy atom. The molecule has 113 valence electrons. The Kier molecular flexibility index (Phi) is 4.48. The van der Waals surface area contributed by atoms with Crippen LogP contribution in [0.25, 0.3) is 0 Å². The average molecular weight is 302 g/mol. The maximum Gasteiger partial charge on any atom is 0.331 e. The lowest BCUT2D eigenvalue weighted by molar-refractivity contribution is -0.461. The van der Waals surface area contributed by atoms with Gasteiger partial charge in [-0.2, -0.15) is 0 Å². The van der Waals surface area contributed by atoms with Crippen LogP contribution in [0.3, 0.4) is 0 Å². The van der Waals surface area contributed by atoms with E-state index in [4.69, 9.17) is 0 Å². The Labute approximate surface area is 135 Å². The quantitative estimate of drug-likeness (QED) is 0.507. The molecule has 0 aromatic heterocycles. The second-order valence-corrected chi connectivity index (χ2v) is 5.26. The molecule has 0 aliphatic carbocycles. The van der Waals surface area contributed by atoms with Gasteiger partial charge in [-0.25, -0.2) is 0 Å². The summed E-state index contributed by atoms with van der Waals surface area (Å²) in [5, 5.41) is 11.9. The van der Waals surface area contributed by atoms with Crippen molar-refractivity contribution < 1.29 is 4.92 Å². The third kappa shape index (κ3) is 3.29. The molecule has 0 fully saturated rings. The first-order chi connectivity index (χ1) is 11.3. The highest BCUT2D eigenvalue weighted by Crippen LogP contribution is 2.37. The summed E-state index contributed by atoms with van der Waals surface area (Å²) >= 11 is 0. The number of nitro groups is 1. The third-order valence-electron chi connectivity index (χ3n) is 3.81. The molecule has 0 spiro atoms. The summed E-state index contributed by atoms with van der Waals surface area (Å²) in [5.74, 6) is -0.408. The third-order valence-corrected chi connectivity index (χ3v) is 3.81. The highest BCUT2D eigenvalue weighted by molar-refractivity contribution is 5.43. The van der Waals surface area contributed by atoms with E-state index in [2.05, 4.69) is 0 Å². The zero-order valence-electron chi connectivity index (χ0n) is 12.5. The fraction of sp³-hybridized carbons (Fsp3) is 0.0500. The lowest BCUT2D eigenvalue weighted by Crippen LogP contribution is -2.21. The van der Waals surface area contributed by atoms with Crippen molar-refractivity contribution >= 4 is 0 Å². The Hall–Kier alpha value is -2.94. The fourth-order valence-corrected chi connectivity index (χ4v) is 2.79. The van der Waals surface area contributed by atoms with E-state index in [0.29, 0.717) is 5.56 Å². The van der Waals surface area contributed by atoms with Crippen molar-refractivity contribution in [3.8, 4) is 0 Å². The number of nitrogens with zero attached hydrogens (tertiary/aromatic N) is 1. The molecule has 0 bridgehead atoms. The molecule has 0 heterocycles. The normalized spacial score (nSPS) is 10.9. The summed E-state index contributed by atoms with van der Waals surface area (Å²) in [5.41, 5.74) is 2.46. The Balaban J connectivity index is 2.15. The average Bonchev–Trinajstić information content (AvgIpc) is 2.61. The Morgan fingerprint density at radius 2 is 1.09 bits per heavy atom. The molecule has 0 aliphatic heterocycles. The Bertz CT molecular complexity index is 718. The lowest BCUT2D eigenvalue weighted by Gasteiger charge is -2.20. The van der Waals surface area contributed by atoms with E-state index in [1.807, 2.05) is 78.9 Å². The monoisotopic (exact) mass is 302 g/mol. The minimum atomic E-state index is -0.408. The van der Waals surface area contributed by atoms with Gasteiger partial charge in [0.15, 0.2) is 0 Å². The van der Waals surface area contributed by atoms with Gasteiger partial charge in [0.2, 0.25) is 0 Å². The smallest absolute Gasteiger partial charge is 0.263 e. The van der Waals surface area contributed by atoms with Gasteiger partial charge in [-0.3, -0.25) is 10.1 Å². The molecule has 0 unspecified atom stereocenters.